The third-order valence-electron chi connectivity index (χ3n) is 3.51. The number of nitrogens with two attached hydrogens (primary N) is 1. The second-order valence-corrected chi connectivity index (χ2v) is 7.36. The zero-order valence-corrected chi connectivity index (χ0v) is 13.7. The molecule has 9 heteroatoms. The number of β-lactam (4-membered cyclic amide) rings is 1. The molecule has 0 aromatic heterocycles. The smallest absolute Gasteiger partial charge is 0.435 e. The van der Waals surface area contributed by atoms with E-state index < -0.39 is 35.2 Å². The summed E-state index contributed by atoms with van der Waals surface area (Å²) in [7, 11) is 0. The van der Waals surface area contributed by atoms with Gasteiger partial charge < -0.3 is 24.8 Å². The van der Waals surface area contributed by atoms with Gasteiger partial charge in [0.2, 0.25) is 12.2 Å². The van der Waals surface area contributed by atoms with E-state index in [9.17, 15) is 14.4 Å². The highest BCUT2D eigenvalue weighted by Crippen LogP contribution is 2.50. The number of carbonyl (C=O) groups excluding carboxylic acids is 3. The van der Waals surface area contributed by atoms with Crippen molar-refractivity contribution in [2.45, 2.75) is 56.2 Å². The summed E-state index contributed by atoms with van der Waals surface area (Å²) in [5.41, 5.74) is 5.74. The Kier molecular flexibility index (Phi) is 4.57. The first kappa shape index (κ1) is 16.9. The lowest BCUT2D eigenvalue weighted by Crippen LogP contribution is -2.69. The van der Waals surface area contributed by atoms with Crippen LogP contribution in [0.5, 0.6) is 0 Å². The number of ether oxygens (including phenoxy) is 3. The van der Waals surface area contributed by atoms with Crippen molar-refractivity contribution >= 4 is 29.8 Å². The fraction of sp³-hybridized carbons (Fsp3) is 0.769. The minimum absolute atomic E-state index is 0.160. The lowest BCUT2D eigenvalue weighted by molar-refractivity contribution is -0.180. The predicted octanol–water partition coefficient (Wildman–Crippen LogP) is 0.438. The number of thioether (sulfide) groups is 1. The van der Waals surface area contributed by atoms with Crippen molar-refractivity contribution in [2.75, 3.05) is 6.61 Å². The van der Waals surface area contributed by atoms with Crippen LogP contribution in [0.25, 0.3) is 0 Å². The summed E-state index contributed by atoms with van der Waals surface area (Å²) in [5, 5.41) is -0.221. The molecule has 0 radical (unpaired) electrons. The van der Waals surface area contributed by atoms with Crippen LogP contribution < -0.4 is 5.73 Å². The van der Waals surface area contributed by atoms with E-state index in [1.165, 1.54) is 23.6 Å². The molecule has 0 aromatic carbocycles. The van der Waals surface area contributed by atoms with E-state index in [2.05, 4.69) is 4.74 Å². The zero-order valence-electron chi connectivity index (χ0n) is 12.9. The summed E-state index contributed by atoms with van der Waals surface area (Å²) in [5.74, 6) is -0.902. The fourth-order valence-corrected chi connectivity index (χ4v) is 4.13. The lowest BCUT2D eigenvalue weighted by Gasteiger charge is -2.42. The van der Waals surface area contributed by atoms with Crippen LogP contribution in [-0.2, 0) is 23.8 Å². The molecule has 2 heterocycles. The first-order valence-electron chi connectivity index (χ1n) is 6.98. The highest BCUT2D eigenvalue weighted by molar-refractivity contribution is 8.01. The van der Waals surface area contributed by atoms with E-state index >= 15 is 0 Å². The van der Waals surface area contributed by atoms with Gasteiger partial charge in [-0.1, -0.05) is 0 Å². The summed E-state index contributed by atoms with van der Waals surface area (Å²) < 4.78 is 14.0. The molecule has 2 rings (SSSR count). The van der Waals surface area contributed by atoms with E-state index in [1.54, 1.807) is 6.92 Å². The molecule has 0 aliphatic carbocycles. The first-order chi connectivity index (χ1) is 10.2. The minimum atomic E-state index is -1.10. The first-order valence-corrected chi connectivity index (χ1v) is 7.86. The summed E-state index contributed by atoms with van der Waals surface area (Å²) in [6, 6.07) is -1.35. The average molecular weight is 332 g/mol. The van der Waals surface area contributed by atoms with Gasteiger partial charge in [-0.15, -0.1) is 11.8 Å². The minimum Gasteiger partial charge on any atom is -0.435 e. The van der Waals surface area contributed by atoms with Crippen LogP contribution in [0, 0.1) is 0 Å². The molecule has 0 aromatic rings. The number of hydrogen-bond donors (Lipinski definition) is 1. The average Bonchev–Trinajstić information content (AvgIpc) is 2.67. The van der Waals surface area contributed by atoms with Crippen LogP contribution in [0.4, 0.5) is 4.79 Å². The van der Waals surface area contributed by atoms with Crippen molar-refractivity contribution in [3.8, 4) is 0 Å². The molecule has 124 valence electrons. The van der Waals surface area contributed by atoms with Crippen molar-refractivity contribution in [3.63, 3.8) is 0 Å². The van der Waals surface area contributed by atoms with Crippen LogP contribution in [-0.4, -0.2) is 58.0 Å². The van der Waals surface area contributed by atoms with Gasteiger partial charge in [0.25, 0.3) is 0 Å². The molecule has 4 atom stereocenters. The monoisotopic (exact) mass is 332 g/mol. The van der Waals surface area contributed by atoms with Gasteiger partial charge in [0.05, 0.1) is 6.61 Å². The van der Waals surface area contributed by atoms with Crippen molar-refractivity contribution in [1.29, 1.82) is 0 Å². The lowest BCUT2D eigenvalue weighted by atomic mass is 9.96. The second kappa shape index (κ2) is 5.96. The van der Waals surface area contributed by atoms with E-state index in [4.69, 9.17) is 15.2 Å². The molecule has 0 spiro atoms. The Balaban J connectivity index is 1.99. The van der Waals surface area contributed by atoms with Crippen LogP contribution in [0.1, 0.15) is 27.7 Å². The number of carbonyl (C=O) groups is 3. The Hall–Kier alpha value is -1.48. The predicted molar refractivity (Wildman–Crippen MR) is 77.7 cm³/mol. The Morgan fingerprint density at radius 3 is 2.64 bits per heavy atom. The summed E-state index contributed by atoms with van der Waals surface area (Å²) in [6.45, 7) is 6.89. The van der Waals surface area contributed by atoms with Gasteiger partial charge in [0.15, 0.2) is 0 Å². The Bertz CT molecular complexity index is 497. The largest absolute Gasteiger partial charge is 0.511 e. The molecule has 2 aliphatic rings. The van der Waals surface area contributed by atoms with Gasteiger partial charge in [-0.05, 0) is 20.8 Å². The SMILES string of the molecule is CCOC(=O)OC(C)OC(=O)[C@@H]1N2C(=O)C(N)[C@H]2SC1(C)C. The van der Waals surface area contributed by atoms with E-state index in [1.807, 2.05) is 13.8 Å². The number of amides is 1. The maximum atomic E-state index is 12.4. The molecule has 2 N–H and O–H groups in total. The second-order valence-electron chi connectivity index (χ2n) is 5.59. The molecular weight excluding hydrogens is 312 g/mol. The molecular formula is C13H20N2O6S. The Morgan fingerprint density at radius 1 is 1.41 bits per heavy atom. The molecule has 0 bridgehead atoms. The number of nitrogens with zero attached hydrogens (tertiary/aromatic N) is 1. The fourth-order valence-electron chi connectivity index (χ4n) is 2.56. The molecule has 22 heavy (non-hydrogen) atoms. The third-order valence-corrected chi connectivity index (χ3v) is 5.10. The van der Waals surface area contributed by atoms with Crippen molar-refractivity contribution in [3.05, 3.63) is 0 Å². The maximum absolute atomic E-state index is 12.4. The topological polar surface area (TPSA) is 108 Å². The normalized spacial score (nSPS) is 30.1. The summed E-state index contributed by atoms with van der Waals surface area (Å²) >= 11 is 1.46. The van der Waals surface area contributed by atoms with Crippen LogP contribution >= 0.6 is 11.8 Å². The number of esters is 1. The molecule has 2 aliphatic heterocycles. The Morgan fingerprint density at radius 2 is 2.05 bits per heavy atom. The van der Waals surface area contributed by atoms with Gasteiger partial charge in [-0.25, -0.2) is 9.59 Å². The third kappa shape index (κ3) is 2.87. The molecule has 1 amide bonds. The Labute approximate surface area is 132 Å². The van der Waals surface area contributed by atoms with Crippen molar-refractivity contribution in [2.24, 2.45) is 5.73 Å². The molecule has 8 nitrogen and oxygen atoms in total. The standard InChI is InChI=1S/C13H20N2O6S/c1-5-19-12(18)21-6(2)20-11(17)8-13(3,4)22-10-7(14)9(16)15(8)10/h6-8,10H,5,14H2,1-4H3/t6?,7?,8-,10+/m0/s1. The van der Waals surface area contributed by atoms with Crippen LogP contribution in [0.2, 0.25) is 0 Å². The highest BCUT2D eigenvalue weighted by Gasteiger charge is 2.63. The summed E-state index contributed by atoms with van der Waals surface area (Å²) in [6.07, 6.45) is -2.01. The van der Waals surface area contributed by atoms with E-state index in [0.717, 1.165) is 0 Å². The highest BCUT2D eigenvalue weighted by atomic mass is 32.2. The van der Waals surface area contributed by atoms with Gasteiger partial charge in [0.1, 0.15) is 17.5 Å². The van der Waals surface area contributed by atoms with E-state index in [0.29, 0.717) is 0 Å². The van der Waals surface area contributed by atoms with Crippen LogP contribution in [0.15, 0.2) is 0 Å². The van der Waals surface area contributed by atoms with Gasteiger partial charge in [-0.3, -0.25) is 4.79 Å². The van der Waals surface area contributed by atoms with Gasteiger partial charge in [0, 0.05) is 11.7 Å². The number of hydrogen-bond acceptors (Lipinski definition) is 8. The molecule has 0 saturated carbocycles. The quantitative estimate of drug-likeness (QED) is 0.449. The van der Waals surface area contributed by atoms with Crippen molar-refractivity contribution < 1.29 is 28.6 Å². The molecule has 2 saturated heterocycles. The number of fused-ring (bicyclic) bond motifs is 1. The van der Waals surface area contributed by atoms with Crippen molar-refractivity contribution in [1.82, 2.24) is 4.90 Å². The maximum Gasteiger partial charge on any atom is 0.511 e. The van der Waals surface area contributed by atoms with Gasteiger partial charge in [-0.2, -0.15) is 0 Å². The molecule has 2 fully saturated rings. The van der Waals surface area contributed by atoms with E-state index in [-0.39, 0.29) is 17.9 Å². The van der Waals surface area contributed by atoms with Crippen LogP contribution in [0.3, 0.4) is 0 Å². The number of rotatable bonds is 4. The zero-order chi connectivity index (χ0) is 16.7. The molecule has 2 unspecified atom stereocenters. The van der Waals surface area contributed by atoms with Gasteiger partial charge >= 0.3 is 12.1 Å². The summed E-state index contributed by atoms with van der Waals surface area (Å²) in [4.78, 5) is 36.8.